The summed E-state index contributed by atoms with van der Waals surface area (Å²) < 4.78 is 36.7. The van der Waals surface area contributed by atoms with E-state index >= 15 is 0 Å². The third-order valence-electron chi connectivity index (χ3n) is 14.4. The van der Waals surface area contributed by atoms with Gasteiger partial charge in [-0.25, -0.2) is 18.1 Å². The molecule has 10 N–H and O–H groups in total. The van der Waals surface area contributed by atoms with Gasteiger partial charge >= 0.3 is 0 Å². The van der Waals surface area contributed by atoms with Gasteiger partial charge in [-0.1, -0.05) is 80.6 Å². The molecular weight excluding hydrogens is 1060 g/mol. The molecule has 1 aliphatic rings. The number of H-pyrrole nitrogens is 2. The second kappa shape index (κ2) is 27.8. The van der Waals surface area contributed by atoms with E-state index in [-0.39, 0.29) is 49.5 Å². The van der Waals surface area contributed by atoms with Crippen molar-refractivity contribution >= 4 is 62.3 Å². The van der Waals surface area contributed by atoms with Gasteiger partial charge in [-0.3, -0.25) is 33.8 Å². The Morgan fingerprint density at radius 1 is 0.756 bits per heavy atom. The third kappa shape index (κ3) is 15.9. The SMILES string of the molecule is CCCN(CCC)C(=O)[C@@H](Cc1c[nH]c2ccccc12)NC(=O)[C@H](CCCN=C(N)NS(=O)(=O)c1c(C)c(C)c2c(c1C)CC(C)(C)O2)NC(=O)[C@@H](Cc1ccccc1)NC(=O)[C@H](Cc1cnc[nH]1)NC(=O)CNC(=O)c1ccccc1. The van der Waals surface area contributed by atoms with Crippen LogP contribution < -0.4 is 41.8 Å². The number of aromatic nitrogens is 3. The molecule has 436 valence electrons. The molecule has 0 radical (unpaired) electrons. The first-order valence-corrected chi connectivity index (χ1v) is 29.2. The molecule has 4 atom stereocenters. The van der Waals surface area contributed by atoms with Crippen molar-refractivity contribution in [2.45, 2.75) is 134 Å². The van der Waals surface area contributed by atoms with Crippen molar-refractivity contribution in [3.63, 3.8) is 0 Å². The van der Waals surface area contributed by atoms with E-state index < -0.39 is 81.8 Å². The lowest BCUT2D eigenvalue weighted by atomic mass is 9.94. The highest BCUT2D eigenvalue weighted by molar-refractivity contribution is 7.90. The summed E-state index contributed by atoms with van der Waals surface area (Å²) >= 11 is 0. The van der Waals surface area contributed by atoms with E-state index in [1.54, 1.807) is 85.6 Å². The molecule has 82 heavy (non-hydrogen) atoms. The smallest absolute Gasteiger partial charge is 0.264 e. The van der Waals surface area contributed by atoms with Crippen LogP contribution in [-0.4, -0.2) is 126 Å². The molecule has 2 aromatic heterocycles. The zero-order valence-electron chi connectivity index (χ0n) is 47.6. The van der Waals surface area contributed by atoms with Crippen LogP contribution in [0.1, 0.15) is 103 Å². The van der Waals surface area contributed by atoms with E-state index in [0.29, 0.717) is 71.6 Å². The van der Waals surface area contributed by atoms with Crippen molar-refractivity contribution in [3.8, 4) is 5.75 Å². The van der Waals surface area contributed by atoms with E-state index in [1.165, 1.54) is 12.5 Å². The number of sulfonamides is 1. The Morgan fingerprint density at radius 3 is 2.05 bits per heavy atom. The van der Waals surface area contributed by atoms with Gasteiger partial charge in [0.2, 0.25) is 35.5 Å². The van der Waals surface area contributed by atoms with Gasteiger partial charge in [0.25, 0.3) is 15.9 Å². The molecule has 1 aliphatic heterocycles. The van der Waals surface area contributed by atoms with Gasteiger partial charge in [0.1, 0.15) is 35.5 Å². The lowest BCUT2D eigenvalue weighted by molar-refractivity contribution is -0.138. The van der Waals surface area contributed by atoms with Gasteiger partial charge < -0.3 is 51.9 Å². The Morgan fingerprint density at radius 2 is 1.38 bits per heavy atom. The highest BCUT2D eigenvalue weighted by Crippen LogP contribution is 2.43. The van der Waals surface area contributed by atoms with Crippen molar-refractivity contribution in [1.82, 2.24) is 51.2 Å². The van der Waals surface area contributed by atoms with Crippen molar-refractivity contribution in [2.75, 3.05) is 26.2 Å². The number of aromatic amines is 2. The van der Waals surface area contributed by atoms with Gasteiger partial charge in [-0.05, 0) is 106 Å². The number of carbonyl (C=O) groups is 6. The minimum Gasteiger partial charge on any atom is -0.487 e. The molecule has 0 fully saturated rings. The first-order valence-electron chi connectivity index (χ1n) is 27.7. The zero-order chi connectivity index (χ0) is 59.1. The highest BCUT2D eigenvalue weighted by Gasteiger charge is 2.38. The summed E-state index contributed by atoms with van der Waals surface area (Å²) in [7, 11) is -4.25. The summed E-state index contributed by atoms with van der Waals surface area (Å²) in [5, 5.41) is 14.8. The van der Waals surface area contributed by atoms with E-state index in [0.717, 1.165) is 22.0 Å². The molecule has 0 spiro atoms. The number of hydrogen-bond acceptors (Lipinski definition) is 11. The Labute approximate surface area is 478 Å². The number of nitrogens with two attached hydrogens (primary N) is 1. The van der Waals surface area contributed by atoms with E-state index in [9.17, 15) is 37.2 Å². The number of amides is 6. The Bertz CT molecular complexity index is 3360. The lowest BCUT2D eigenvalue weighted by Crippen LogP contribution is -2.59. The maximum Gasteiger partial charge on any atom is 0.264 e. The second-order valence-electron chi connectivity index (χ2n) is 21.3. The summed E-state index contributed by atoms with van der Waals surface area (Å²) in [6.07, 6.45) is 6.54. The fourth-order valence-corrected chi connectivity index (χ4v) is 11.8. The first kappa shape index (κ1) is 61.1. The Hall–Kier alpha value is -8.53. The van der Waals surface area contributed by atoms with Crippen LogP contribution in [-0.2, 0) is 59.7 Å². The predicted molar refractivity (Wildman–Crippen MR) is 313 cm³/mol. The first-order chi connectivity index (χ1) is 39.2. The van der Waals surface area contributed by atoms with Gasteiger partial charge in [0.15, 0.2) is 0 Å². The number of rotatable bonds is 27. The standard InChI is InChI=1S/C60H76N12O9S/c1-8-27-72(28-9-2)58(78)50(30-42-33-64-46-24-17-16-23-44(42)46)70-55(75)47(25-18-26-63-59(61)71-82(79,80)53-38(4)37(3)52-45(39(53)5)32-60(6,7)81-52)68-56(76)48(29-40-19-12-10-13-20-40)69-57(77)49(31-43-34-62-36-66-43)67-51(73)35-65-54(74)41-21-14-11-15-22-41/h10-17,19-24,33-34,36,47-50,64H,8-9,18,25-32,35H2,1-7H3,(H,62,66)(H,65,74)(H,67,73)(H,68,76)(H,69,77)(H,70,75)(H3,61,63,71)/t47-,48+,49-,50+/m0/s1. The number of hydrogen-bond donors (Lipinski definition) is 9. The summed E-state index contributed by atoms with van der Waals surface area (Å²) in [5.41, 5.74) is 11.5. The highest BCUT2D eigenvalue weighted by atomic mass is 32.2. The molecule has 6 aromatic rings. The van der Waals surface area contributed by atoms with Gasteiger partial charge in [-0.2, -0.15) is 0 Å². The average Bonchev–Trinajstić information content (AvgIpc) is 3.04. The number of carbonyl (C=O) groups excluding carboxylic acids is 6. The van der Waals surface area contributed by atoms with Crippen LogP contribution in [0.4, 0.5) is 0 Å². The lowest BCUT2D eigenvalue weighted by Gasteiger charge is -2.29. The van der Waals surface area contributed by atoms with Gasteiger partial charge in [0.05, 0.1) is 17.8 Å². The summed E-state index contributed by atoms with van der Waals surface area (Å²) in [6, 6.07) is 19.8. The molecular formula is C60H76N12O9S. The van der Waals surface area contributed by atoms with Crippen LogP contribution in [0.15, 0.2) is 114 Å². The van der Waals surface area contributed by atoms with Crippen molar-refractivity contribution in [3.05, 3.63) is 148 Å². The molecule has 22 heteroatoms. The quantitative estimate of drug-likeness (QED) is 0.0194. The van der Waals surface area contributed by atoms with Gasteiger partial charge in [-0.15, -0.1) is 0 Å². The summed E-state index contributed by atoms with van der Waals surface area (Å²) in [5.74, 6) is -3.43. The van der Waals surface area contributed by atoms with Crippen molar-refractivity contribution in [1.29, 1.82) is 0 Å². The number of imidazole rings is 1. The normalized spacial score (nSPS) is 14.3. The maximum absolute atomic E-state index is 15.0. The molecule has 6 amide bonds. The summed E-state index contributed by atoms with van der Waals surface area (Å²) in [6.45, 7) is 13.4. The number of ether oxygens (including phenoxy) is 1. The Balaban J connectivity index is 1.16. The number of fused-ring (bicyclic) bond motifs is 2. The van der Waals surface area contributed by atoms with Crippen LogP contribution in [0.2, 0.25) is 0 Å². The average molecular weight is 1140 g/mol. The van der Waals surface area contributed by atoms with Crippen molar-refractivity contribution in [2.24, 2.45) is 10.7 Å². The van der Waals surface area contributed by atoms with Crippen molar-refractivity contribution < 1.29 is 41.9 Å². The zero-order valence-corrected chi connectivity index (χ0v) is 48.4. The largest absolute Gasteiger partial charge is 0.487 e. The number of nitrogens with zero attached hydrogens (tertiary/aromatic N) is 3. The van der Waals surface area contributed by atoms with E-state index in [2.05, 4.69) is 51.3 Å². The fraction of sp³-hybridized carbons (Fsp3) is 0.400. The monoisotopic (exact) mass is 1140 g/mol. The molecule has 0 saturated heterocycles. The van der Waals surface area contributed by atoms with Crippen LogP contribution in [0, 0.1) is 20.8 Å². The third-order valence-corrected chi connectivity index (χ3v) is 16.0. The van der Waals surface area contributed by atoms with Crippen LogP contribution in [0.25, 0.3) is 10.9 Å². The minimum atomic E-state index is -4.25. The number of nitrogens with one attached hydrogen (secondary N) is 8. The Kier molecular flexibility index (Phi) is 20.7. The van der Waals surface area contributed by atoms with Crippen LogP contribution >= 0.6 is 0 Å². The predicted octanol–water partition coefficient (Wildman–Crippen LogP) is 4.65. The maximum atomic E-state index is 15.0. The topological polar surface area (TPSA) is 304 Å². The fourth-order valence-electron chi connectivity index (χ4n) is 10.2. The molecule has 0 saturated carbocycles. The van der Waals surface area contributed by atoms with E-state index in [4.69, 9.17) is 10.5 Å². The number of aliphatic imine (C=N–C) groups is 1. The molecule has 0 unspecified atom stereocenters. The van der Waals surface area contributed by atoms with Crippen LogP contribution in [0.5, 0.6) is 5.75 Å². The van der Waals surface area contributed by atoms with Crippen LogP contribution in [0.3, 0.4) is 0 Å². The second-order valence-corrected chi connectivity index (χ2v) is 22.9. The minimum absolute atomic E-state index is 0.0519. The van der Waals surface area contributed by atoms with Gasteiger partial charge in [0, 0.05) is 85.4 Å². The summed E-state index contributed by atoms with van der Waals surface area (Å²) in [4.78, 5) is 102. The van der Waals surface area contributed by atoms with E-state index in [1.807, 2.05) is 58.9 Å². The number of guanidine groups is 1. The number of para-hydroxylation sites is 1. The molecule has 7 rings (SSSR count). The molecule has 21 nitrogen and oxygen atoms in total. The molecule has 0 aliphatic carbocycles. The molecule has 4 aromatic carbocycles. The molecule has 3 heterocycles. The number of benzene rings is 4. The molecule has 0 bridgehead atoms.